The van der Waals surface area contributed by atoms with E-state index in [1.165, 1.54) is 12.1 Å². The molecule has 2 fully saturated rings. The van der Waals surface area contributed by atoms with Gasteiger partial charge in [0.25, 0.3) is 5.91 Å². The van der Waals surface area contributed by atoms with Gasteiger partial charge in [0.2, 0.25) is 5.91 Å². The molecule has 4 rings (SSSR count). The molecule has 38 heavy (non-hydrogen) atoms. The largest absolute Gasteiger partial charge is 0.573 e. The van der Waals surface area contributed by atoms with E-state index in [2.05, 4.69) is 17.0 Å². The van der Waals surface area contributed by atoms with E-state index in [9.17, 15) is 22.8 Å². The maximum atomic E-state index is 13.2. The van der Waals surface area contributed by atoms with Crippen molar-refractivity contribution in [1.82, 2.24) is 10.2 Å². The van der Waals surface area contributed by atoms with E-state index in [1.54, 1.807) is 24.3 Å². The number of likely N-dealkylation sites (tertiary alicyclic amines) is 1. The molecule has 1 N–H and O–H groups in total. The first-order valence-corrected chi connectivity index (χ1v) is 13.6. The standard InChI is InChI=1S/C30H37F3N2O3/c1-29(21-25(29)22-14-16-24(17-15-22)38-30(31,32)33)18-8-3-7-13-26(28(37)35-19-9-4-10-20-35)34-27(36)23-11-5-2-6-12-23/h2,5-6,11-12,14-17,25-26H,3-4,7-10,13,18-21H2,1H3,(H,34,36)/t25-,26-,29?/m0/s1. The summed E-state index contributed by atoms with van der Waals surface area (Å²) in [7, 11) is 0. The lowest BCUT2D eigenvalue weighted by atomic mass is 9.94. The third-order valence-corrected chi connectivity index (χ3v) is 7.92. The number of carbonyl (C=O) groups excluding carboxylic acids is 2. The van der Waals surface area contributed by atoms with E-state index in [1.807, 2.05) is 23.1 Å². The SMILES string of the molecule is CC1(CCCCC[C@H](NC(=O)c2ccccc2)C(=O)N2CCCCC2)C[C@H]1c1ccc(OC(F)(F)F)cc1. The topological polar surface area (TPSA) is 58.6 Å². The Morgan fingerprint density at radius 1 is 1.00 bits per heavy atom. The number of alkyl halides is 3. The Morgan fingerprint density at radius 3 is 2.34 bits per heavy atom. The quantitative estimate of drug-likeness (QED) is 0.324. The van der Waals surface area contributed by atoms with Gasteiger partial charge in [0, 0.05) is 18.7 Å². The minimum Gasteiger partial charge on any atom is -0.406 e. The molecular weight excluding hydrogens is 493 g/mol. The fraction of sp³-hybridized carbons (Fsp3) is 0.533. The van der Waals surface area contributed by atoms with Crippen LogP contribution in [0, 0.1) is 5.41 Å². The first-order valence-electron chi connectivity index (χ1n) is 13.6. The summed E-state index contributed by atoms with van der Waals surface area (Å²) in [5, 5.41) is 2.99. The van der Waals surface area contributed by atoms with Gasteiger partial charge in [-0.3, -0.25) is 9.59 Å². The maximum Gasteiger partial charge on any atom is 0.573 e. The number of halogens is 3. The van der Waals surface area contributed by atoms with E-state index in [0.29, 0.717) is 17.9 Å². The Hall–Kier alpha value is -3.03. The average Bonchev–Trinajstić information content (AvgIpc) is 3.58. The number of hydrogen-bond acceptors (Lipinski definition) is 3. The second-order valence-electron chi connectivity index (χ2n) is 10.9. The average molecular weight is 531 g/mol. The summed E-state index contributed by atoms with van der Waals surface area (Å²) in [6, 6.07) is 14.7. The molecular formula is C30H37F3N2O3. The number of ether oxygens (including phenoxy) is 1. The van der Waals surface area contributed by atoms with Crippen LogP contribution in [0.25, 0.3) is 0 Å². The normalized spacial score (nSPS) is 22.0. The van der Waals surface area contributed by atoms with Crippen LogP contribution in [0.3, 0.4) is 0 Å². The molecule has 8 heteroatoms. The van der Waals surface area contributed by atoms with Crippen molar-refractivity contribution in [1.29, 1.82) is 0 Å². The number of nitrogens with zero attached hydrogens (tertiary/aromatic N) is 1. The molecule has 1 heterocycles. The molecule has 2 aromatic rings. The van der Waals surface area contributed by atoms with E-state index in [-0.39, 0.29) is 23.0 Å². The highest BCUT2D eigenvalue weighted by atomic mass is 19.4. The summed E-state index contributed by atoms with van der Waals surface area (Å²) in [5.74, 6) is -0.0697. The van der Waals surface area contributed by atoms with Crippen LogP contribution < -0.4 is 10.1 Å². The highest BCUT2D eigenvalue weighted by Gasteiger charge is 2.49. The van der Waals surface area contributed by atoms with Gasteiger partial charge in [0.1, 0.15) is 11.8 Å². The number of nitrogens with one attached hydrogen (secondary N) is 1. The lowest BCUT2D eigenvalue weighted by Gasteiger charge is -2.31. The molecule has 0 spiro atoms. The summed E-state index contributed by atoms with van der Waals surface area (Å²) in [4.78, 5) is 27.9. The predicted molar refractivity (Wildman–Crippen MR) is 140 cm³/mol. The van der Waals surface area contributed by atoms with Crippen molar-refractivity contribution in [3.8, 4) is 5.75 Å². The van der Waals surface area contributed by atoms with Gasteiger partial charge in [-0.15, -0.1) is 13.2 Å². The molecule has 0 aromatic heterocycles. The Kier molecular flexibility index (Phi) is 9.00. The van der Waals surface area contributed by atoms with Crippen LogP contribution in [0.1, 0.15) is 86.6 Å². The molecule has 0 radical (unpaired) electrons. The third kappa shape index (κ3) is 7.74. The summed E-state index contributed by atoms with van der Waals surface area (Å²) in [6.07, 6.45) is 3.87. The summed E-state index contributed by atoms with van der Waals surface area (Å²) >= 11 is 0. The monoisotopic (exact) mass is 530 g/mol. The third-order valence-electron chi connectivity index (χ3n) is 7.92. The number of rotatable bonds is 11. The summed E-state index contributed by atoms with van der Waals surface area (Å²) < 4.78 is 41.2. The molecule has 1 saturated heterocycles. The predicted octanol–water partition coefficient (Wildman–Crippen LogP) is 6.84. The van der Waals surface area contributed by atoms with Gasteiger partial charge in [0.15, 0.2) is 0 Å². The number of carbonyl (C=O) groups is 2. The zero-order chi connectivity index (χ0) is 27.2. The van der Waals surface area contributed by atoms with Gasteiger partial charge in [-0.2, -0.15) is 0 Å². The first kappa shape index (κ1) is 28.0. The van der Waals surface area contributed by atoms with Gasteiger partial charge in [-0.25, -0.2) is 0 Å². The molecule has 0 bridgehead atoms. The van der Waals surface area contributed by atoms with Crippen molar-refractivity contribution < 1.29 is 27.5 Å². The molecule has 1 saturated carbocycles. The summed E-state index contributed by atoms with van der Waals surface area (Å²) in [6.45, 7) is 3.72. The molecule has 2 aliphatic rings. The second kappa shape index (κ2) is 12.2. The van der Waals surface area contributed by atoms with Crippen LogP contribution >= 0.6 is 0 Å². The highest BCUT2D eigenvalue weighted by molar-refractivity contribution is 5.97. The van der Waals surface area contributed by atoms with E-state index < -0.39 is 12.4 Å². The van der Waals surface area contributed by atoms with E-state index in [4.69, 9.17) is 0 Å². The Bertz CT molecular complexity index is 1070. The van der Waals surface area contributed by atoms with Crippen molar-refractivity contribution in [2.75, 3.05) is 13.1 Å². The smallest absolute Gasteiger partial charge is 0.406 e. The molecule has 2 aromatic carbocycles. The maximum absolute atomic E-state index is 13.2. The molecule has 5 nitrogen and oxygen atoms in total. The van der Waals surface area contributed by atoms with Crippen LogP contribution in [0.4, 0.5) is 13.2 Å². The number of amides is 2. The van der Waals surface area contributed by atoms with Crippen LogP contribution in [0.5, 0.6) is 5.75 Å². The van der Waals surface area contributed by atoms with E-state index >= 15 is 0 Å². The van der Waals surface area contributed by atoms with Gasteiger partial charge in [-0.1, -0.05) is 56.5 Å². The minimum atomic E-state index is -4.68. The van der Waals surface area contributed by atoms with Crippen molar-refractivity contribution >= 4 is 11.8 Å². The van der Waals surface area contributed by atoms with Gasteiger partial charge >= 0.3 is 6.36 Å². The number of hydrogen-bond donors (Lipinski definition) is 1. The van der Waals surface area contributed by atoms with E-state index in [0.717, 1.165) is 70.0 Å². The van der Waals surface area contributed by atoms with Crippen molar-refractivity contribution in [3.05, 3.63) is 65.7 Å². The fourth-order valence-electron chi connectivity index (χ4n) is 5.58. The number of unbranched alkanes of at least 4 members (excludes halogenated alkanes) is 2. The molecule has 1 aliphatic heterocycles. The van der Waals surface area contributed by atoms with Gasteiger partial charge < -0.3 is 15.0 Å². The zero-order valence-electron chi connectivity index (χ0n) is 21.9. The first-order chi connectivity index (χ1) is 18.1. The second-order valence-corrected chi connectivity index (χ2v) is 10.9. The lowest BCUT2D eigenvalue weighted by Crippen LogP contribution is -2.50. The fourth-order valence-corrected chi connectivity index (χ4v) is 5.58. The van der Waals surface area contributed by atoms with Crippen LogP contribution in [-0.2, 0) is 4.79 Å². The zero-order valence-corrected chi connectivity index (χ0v) is 21.9. The molecule has 1 unspecified atom stereocenters. The van der Waals surface area contributed by atoms with Crippen molar-refractivity contribution in [2.45, 2.75) is 83.0 Å². The number of benzene rings is 2. The lowest BCUT2D eigenvalue weighted by molar-refractivity contribution is -0.274. The van der Waals surface area contributed by atoms with Crippen molar-refractivity contribution in [3.63, 3.8) is 0 Å². The van der Waals surface area contributed by atoms with Crippen LogP contribution in [0.2, 0.25) is 0 Å². The Morgan fingerprint density at radius 2 is 1.68 bits per heavy atom. The Labute approximate surface area is 222 Å². The Balaban J connectivity index is 1.25. The van der Waals surface area contributed by atoms with Gasteiger partial charge in [-0.05, 0) is 79.7 Å². The van der Waals surface area contributed by atoms with Crippen LogP contribution in [-0.4, -0.2) is 42.2 Å². The van der Waals surface area contributed by atoms with Crippen molar-refractivity contribution in [2.24, 2.45) is 5.41 Å². The van der Waals surface area contributed by atoms with Crippen LogP contribution in [0.15, 0.2) is 54.6 Å². The molecule has 206 valence electrons. The molecule has 1 aliphatic carbocycles. The summed E-state index contributed by atoms with van der Waals surface area (Å²) in [5.41, 5.74) is 1.73. The van der Waals surface area contributed by atoms with Gasteiger partial charge in [0.05, 0.1) is 0 Å². The molecule has 3 atom stereocenters. The highest BCUT2D eigenvalue weighted by Crippen LogP contribution is 2.62. The molecule has 2 amide bonds. The number of piperidine rings is 1. The minimum absolute atomic E-state index is 0.0150.